The van der Waals surface area contributed by atoms with Gasteiger partial charge in [0.05, 0.1) is 17.4 Å². The molecular formula is C11H14ClNO2. The van der Waals surface area contributed by atoms with E-state index in [1.165, 1.54) is 0 Å². The number of carbonyl (C=O) groups excluding carboxylic acids is 1. The van der Waals surface area contributed by atoms with Gasteiger partial charge >= 0.3 is 0 Å². The van der Waals surface area contributed by atoms with Crippen molar-refractivity contribution in [2.75, 3.05) is 7.05 Å². The van der Waals surface area contributed by atoms with Gasteiger partial charge in [-0.1, -0.05) is 6.08 Å². The van der Waals surface area contributed by atoms with Gasteiger partial charge in [-0.05, 0) is 25.0 Å². The van der Waals surface area contributed by atoms with Crippen LogP contribution in [0.25, 0.3) is 0 Å². The van der Waals surface area contributed by atoms with Crippen LogP contribution in [-0.4, -0.2) is 24.4 Å². The van der Waals surface area contributed by atoms with Crippen molar-refractivity contribution in [3.05, 3.63) is 24.0 Å². The second-order valence-electron chi connectivity index (χ2n) is 3.83. The van der Waals surface area contributed by atoms with Crippen LogP contribution in [0, 0.1) is 5.92 Å². The number of hydrogen-bond donors (Lipinski definition) is 1. The van der Waals surface area contributed by atoms with Gasteiger partial charge in [0.1, 0.15) is 5.76 Å². The second kappa shape index (κ2) is 4.27. The number of allylic oxidation sites excluding steroid dienone is 2. The third-order valence-electron chi connectivity index (χ3n) is 2.51. The second-order valence-corrected chi connectivity index (χ2v) is 4.33. The van der Waals surface area contributed by atoms with Crippen molar-refractivity contribution >= 4 is 17.5 Å². The van der Waals surface area contributed by atoms with Crippen LogP contribution in [0.5, 0.6) is 0 Å². The van der Waals surface area contributed by atoms with E-state index in [4.69, 9.17) is 16.3 Å². The molecule has 0 aromatic rings. The summed E-state index contributed by atoms with van der Waals surface area (Å²) in [6.45, 7) is 0. The van der Waals surface area contributed by atoms with Gasteiger partial charge in [-0.15, -0.1) is 11.6 Å². The predicted molar refractivity (Wildman–Crippen MR) is 58.5 cm³/mol. The van der Waals surface area contributed by atoms with Gasteiger partial charge < -0.3 is 10.1 Å². The fraction of sp³-hybridized carbons (Fsp3) is 0.545. The molecule has 3 nitrogen and oxygen atoms in total. The van der Waals surface area contributed by atoms with E-state index < -0.39 is 0 Å². The Balaban J connectivity index is 2.05. The molecule has 4 heteroatoms. The lowest BCUT2D eigenvalue weighted by atomic mass is 9.98. The standard InChI is InChI=1S/C11H14ClNO2/c1-13-11(14)9-6-8(4-5-10(9)12)15-7-2-3-7/h4-7,9-10H,2-3H2,1H3,(H,13,14). The summed E-state index contributed by atoms with van der Waals surface area (Å²) in [5, 5.41) is 2.32. The van der Waals surface area contributed by atoms with E-state index >= 15 is 0 Å². The van der Waals surface area contributed by atoms with Crippen LogP contribution in [0.3, 0.4) is 0 Å². The van der Waals surface area contributed by atoms with Crippen molar-refractivity contribution in [1.82, 2.24) is 5.32 Å². The maximum absolute atomic E-state index is 11.5. The normalized spacial score (nSPS) is 29.6. The molecule has 0 aromatic heterocycles. The first-order valence-electron chi connectivity index (χ1n) is 5.13. The Labute approximate surface area is 94.1 Å². The fourth-order valence-electron chi connectivity index (χ4n) is 1.47. The molecule has 1 saturated carbocycles. The fourth-order valence-corrected chi connectivity index (χ4v) is 1.73. The van der Waals surface area contributed by atoms with E-state index in [0.717, 1.165) is 18.6 Å². The van der Waals surface area contributed by atoms with Crippen molar-refractivity contribution in [3.8, 4) is 0 Å². The number of nitrogens with one attached hydrogen (secondary N) is 1. The Morgan fingerprint density at radius 3 is 2.93 bits per heavy atom. The lowest BCUT2D eigenvalue weighted by molar-refractivity contribution is -0.123. The van der Waals surface area contributed by atoms with E-state index in [0.29, 0.717) is 6.10 Å². The maximum Gasteiger partial charge on any atom is 0.228 e. The molecule has 0 aromatic carbocycles. The largest absolute Gasteiger partial charge is 0.491 e. The SMILES string of the molecule is CNC(=O)C1C=C(OC2CC2)C=CC1Cl. The zero-order valence-corrected chi connectivity index (χ0v) is 9.33. The minimum Gasteiger partial charge on any atom is -0.491 e. The molecule has 82 valence electrons. The Morgan fingerprint density at radius 1 is 1.60 bits per heavy atom. The van der Waals surface area contributed by atoms with E-state index in [1.54, 1.807) is 19.2 Å². The van der Waals surface area contributed by atoms with Crippen molar-refractivity contribution in [2.24, 2.45) is 5.92 Å². The Kier molecular flexibility index (Phi) is 3.00. The molecule has 1 N–H and O–H groups in total. The molecule has 2 atom stereocenters. The summed E-state index contributed by atoms with van der Waals surface area (Å²) in [6, 6.07) is 0. The van der Waals surface area contributed by atoms with Gasteiger partial charge in [0.25, 0.3) is 0 Å². The summed E-state index contributed by atoms with van der Waals surface area (Å²) in [5.41, 5.74) is 0. The molecule has 0 radical (unpaired) electrons. The number of carbonyl (C=O) groups is 1. The number of rotatable bonds is 3. The highest BCUT2D eigenvalue weighted by Crippen LogP contribution is 2.30. The summed E-state index contributed by atoms with van der Waals surface area (Å²) < 4.78 is 5.61. The smallest absolute Gasteiger partial charge is 0.228 e. The van der Waals surface area contributed by atoms with Gasteiger partial charge in [0.15, 0.2) is 0 Å². The van der Waals surface area contributed by atoms with Gasteiger partial charge in [0, 0.05) is 7.05 Å². The average Bonchev–Trinajstić information content (AvgIpc) is 3.04. The Morgan fingerprint density at radius 2 is 2.33 bits per heavy atom. The van der Waals surface area contributed by atoms with Crippen molar-refractivity contribution < 1.29 is 9.53 Å². The summed E-state index contributed by atoms with van der Waals surface area (Å²) in [5.74, 6) is 0.370. The molecule has 2 aliphatic carbocycles. The van der Waals surface area contributed by atoms with Crippen LogP contribution in [0.2, 0.25) is 0 Å². The molecular weight excluding hydrogens is 214 g/mol. The van der Waals surface area contributed by atoms with Crippen molar-refractivity contribution in [1.29, 1.82) is 0 Å². The molecule has 0 aliphatic heterocycles. The van der Waals surface area contributed by atoms with Crippen LogP contribution in [0.4, 0.5) is 0 Å². The van der Waals surface area contributed by atoms with Gasteiger partial charge in [0.2, 0.25) is 5.91 Å². The molecule has 1 fully saturated rings. The quantitative estimate of drug-likeness (QED) is 0.744. The first-order chi connectivity index (χ1) is 7.20. The van der Waals surface area contributed by atoms with E-state index in [1.807, 2.05) is 6.08 Å². The molecule has 2 rings (SSSR count). The van der Waals surface area contributed by atoms with Gasteiger partial charge in [-0.2, -0.15) is 0 Å². The van der Waals surface area contributed by atoms with Crippen LogP contribution in [-0.2, 0) is 9.53 Å². The first kappa shape index (κ1) is 10.6. The predicted octanol–water partition coefficient (Wildman–Crippen LogP) is 1.59. The lowest BCUT2D eigenvalue weighted by Crippen LogP contribution is -2.32. The first-order valence-corrected chi connectivity index (χ1v) is 5.56. The Bertz CT molecular complexity index is 321. The Hall–Kier alpha value is -0.960. The van der Waals surface area contributed by atoms with Crippen molar-refractivity contribution in [2.45, 2.75) is 24.3 Å². The van der Waals surface area contributed by atoms with Crippen LogP contribution < -0.4 is 5.32 Å². The third-order valence-corrected chi connectivity index (χ3v) is 2.92. The van der Waals surface area contributed by atoms with Gasteiger partial charge in [-0.3, -0.25) is 4.79 Å². The highest BCUT2D eigenvalue weighted by Gasteiger charge is 2.29. The third kappa shape index (κ3) is 2.53. The monoisotopic (exact) mass is 227 g/mol. The maximum atomic E-state index is 11.5. The zero-order chi connectivity index (χ0) is 10.8. The zero-order valence-electron chi connectivity index (χ0n) is 8.57. The van der Waals surface area contributed by atoms with E-state index in [-0.39, 0.29) is 17.2 Å². The minimum atomic E-state index is -0.324. The van der Waals surface area contributed by atoms with E-state index in [9.17, 15) is 4.79 Å². The minimum absolute atomic E-state index is 0.0729. The number of ether oxygens (including phenoxy) is 1. The molecule has 2 unspecified atom stereocenters. The van der Waals surface area contributed by atoms with Crippen LogP contribution in [0.1, 0.15) is 12.8 Å². The summed E-state index contributed by atoms with van der Waals surface area (Å²) >= 11 is 6.03. The molecule has 0 heterocycles. The van der Waals surface area contributed by atoms with Crippen LogP contribution >= 0.6 is 11.6 Å². The molecule has 1 amide bonds. The highest BCUT2D eigenvalue weighted by atomic mass is 35.5. The summed E-state index contributed by atoms with van der Waals surface area (Å²) in [7, 11) is 1.61. The van der Waals surface area contributed by atoms with E-state index in [2.05, 4.69) is 5.32 Å². The number of hydrogen-bond acceptors (Lipinski definition) is 2. The summed E-state index contributed by atoms with van der Waals surface area (Å²) in [6.07, 6.45) is 8.02. The molecule has 0 bridgehead atoms. The number of amides is 1. The van der Waals surface area contributed by atoms with Crippen LogP contribution in [0.15, 0.2) is 24.0 Å². The molecule has 0 spiro atoms. The lowest BCUT2D eigenvalue weighted by Gasteiger charge is -2.20. The topological polar surface area (TPSA) is 38.3 Å². The van der Waals surface area contributed by atoms with Crippen molar-refractivity contribution in [3.63, 3.8) is 0 Å². The number of alkyl halides is 1. The molecule has 15 heavy (non-hydrogen) atoms. The number of halogens is 1. The molecule has 2 aliphatic rings. The summed E-state index contributed by atoms with van der Waals surface area (Å²) in [4.78, 5) is 11.5. The average molecular weight is 228 g/mol. The van der Waals surface area contributed by atoms with Gasteiger partial charge in [-0.25, -0.2) is 0 Å². The molecule has 0 saturated heterocycles. The highest BCUT2D eigenvalue weighted by molar-refractivity contribution is 6.23.